The first-order valence-corrected chi connectivity index (χ1v) is 9.09. The number of aromatic nitrogens is 2. The maximum Gasteiger partial charge on any atom is 0.306 e. The van der Waals surface area contributed by atoms with E-state index in [1.165, 1.54) is 5.56 Å². The number of piperidine rings is 1. The summed E-state index contributed by atoms with van der Waals surface area (Å²) in [5.41, 5.74) is 9.50. The molecular weight excluding hydrogens is 330 g/mol. The Morgan fingerprint density at radius 3 is 2.62 bits per heavy atom. The third-order valence-electron chi connectivity index (χ3n) is 5.35. The molecule has 2 aliphatic rings. The molecule has 136 valence electrons. The van der Waals surface area contributed by atoms with E-state index in [4.69, 9.17) is 5.73 Å². The Morgan fingerprint density at radius 1 is 1.12 bits per heavy atom. The van der Waals surface area contributed by atoms with E-state index in [2.05, 4.69) is 38.0 Å². The average molecular weight is 353 g/mol. The van der Waals surface area contributed by atoms with Crippen molar-refractivity contribution >= 4 is 29.0 Å². The number of carboxylic acids is 1. The summed E-state index contributed by atoms with van der Waals surface area (Å²) in [6.07, 6.45) is 4.90. The number of nitrogens with zero attached hydrogens (tertiary/aromatic N) is 4. The maximum absolute atomic E-state index is 11.2. The van der Waals surface area contributed by atoms with Gasteiger partial charge in [0.1, 0.15) is 12.0 Å². The summed E-state index contributed by atoms with van der Waals surface area (Å²) in [5.74, 6) is 0.457. The number of carbonyl (C=O) groups is 1. The molecule has 1 aromatic heterocycles. The lowest BCUT2D eigenvalue weighted by atomic mass is 9.97. The summed E-state index contributed by atoms with van der Waals surface area (Å²) < 4.78 is 0. The predicted octanol–water partition coefficient (Wildman–Crippen LogP) is 2.44. The van der Waals surface area contributed by atoms with Gasteiger partial charge >= 0.3 is 5.97 Å². The van der Waals surface area contributed by atoms with Crippen molar-refractivity contribution in [2.24, 2.45) is 5.92 Å². The average Bonchev–Trinajstić information content (AvgIpc) is 2.68. The first-order chi connectivity index (χ1) is 12.6. The van der Waals surface area contributed by atoms with Gasteiger partial charge in [0.15, 0.2) is 11.6 Å². The molecular formula is C19H23N5O2. The number of nitrogens with two attached hydrogens (primary N) is 1. The number of aryl methyl sites for hydroxylation is 1. The number of hydrogen-bond acceptors (Lipinski definition) is 6. The zero-order valence-electron chi connectivity index (χ0n) is 14.6. The Labute approximate surface area is 152 Å². The molecule has 26 heavy (non-hydrogen) atoms. The molecule has 7 heteroatoms. The van der Waals surface area contributed by atoms with Crippen LogP contribution in [0.1, 0.15) is 24.8 Å². The van der Waals surface area contributed by atoms with Crippen molar-refractivity contribution in [1.82, 2.24) is 9.97 Å². The third-order valence-corrected chi connectivity index (χ3v) is 5.35. The zero-order chi connectivity index (χ0) is 18.1. The van der Waals surface area contributed by atoms with Crippen LogP contribution in [-0.4, -0.2) is 40.7 Å². The number of anilines is 4. The van der Waals surface area contributed by atoms with Gasteiger partial charge in [0.2, 0.25) is 0 Å². The van der Waals surface area contributed by atoms with Gasteiger partial charge in [0, 0.05) is 25.3 Å². The molecule has 3 heterocycles. The minimum Gasteiger partial charge on any atom is -0.481 e. The van der Waals surface area contributed by atoms with Crippen LogP contribution in [0.2, 0.25) is 0 Å². The van der Waals surface area contributed by atoms with Gasteiger partial charge in [-0.1, -0.05) is 18.2 Å². The van der Waals surface area contributed by atoms with Crippen molar-refractivity contribution in [3.8, 4) is 0 Å². The lowest BCUT2D eigenvalue weighted by Gasteiger charge is -2.34. The number of fused-ring (bicyclic) bond motifs is 1. The van der Waals surface area contributed by atoms with Crippen molar-refractivity contribution in [3.05, 3.63) is 36.2 Å². The minimum atomic E-state index is -0.717. The first-order valence-electron chi connectivity index (χ1n) is 9.09. The van der Waals surface area contributed by atoms with Crippen molar-refractivity contribution in [2.75, 3.05) is 35.2 Å². The molecule has 0 bridgehead atoms. The molecule has 0 unspecified atom stereocenters. The molecule has 1 aromatic carbocycles. The van der Waals surface area contributed by atoms with Crippen LogP contribution in [0.3, 0.4) is 0 Å². The molecule has 0 atom stereocenters. The lowest BCUT2D eigenvalue weighted by Crippen LogP contribution is -2.37. The van der Waals surface area contributed by atoms with Gasteiger partial charge in [0.25, 0.3) is 0 Å². The van der Waals surface area contributed by atoms with E-state index in [0.29, 0.717) is 37.4 Å². The van der Waals surface area contributed by atoms with E-state index in [1.807, 2.05) is 6.07 Å². The van der Waals surface area contributed by atoms with Crippen LogP contribution in [0.4, 0.5) is 23.0 Å². The van der Waals surface area contributed by atoms with Crippen molar-refractivity contribution < 1.29 is 9.90 Å². The van der Waals surface area contributed by atoms with Gasteiger partial charge in [-0.2, -0.15) is 0 Å². The highest BCUT2D eigenvalue weighted by Crippen LogP contribution is 2.38. The topological polar surface area (TPSA) is 95.6 Å². The molecule has 0 spiro atoms. The van der Waals surface area contributed by atoms with E-state index in [1.54, 1.807) is 6.33 Å². The standard InChI is InChI=1S/C19H23N5O2/c20-16-17(23-10-7-14(8-11-23)19(25)26)21-12-22-18(16)24-9-3-5-13-4-1-2-6-15(13)24/h1-2,4,6,12,14H,3,5,7-11,20H2,(H,25,26). The molecule has 2 aliphatic heterocycles. The number of carboxylic acid groups (broad SMARTS) is 1. The van der Waals surface area contributed by atoms with Crippen molar-refractivity contribution in [1.29, 1.82) is 0 Å². The van der Waals surface area contributed by atoms with Gasteiger partial charge < -0.3 is 20.6 Å². The summed E-state index contributed by atoms with van der Waals surface area (Å²) in [7, 11) is 0. The quantitative estimate of drug-likeness (QED) is 0.875. The molecule has 1 saturated heterocycles. The Morgan fingerprint density at radius 2 is 1.85 bits per heavy atom. The van der Waals surface area contributed by atoms with Gasteiger partial charge in [0.05, 0.1) is 5.92 Å². The normalized spacial score (nSPS) is 17.8. The molecule has 4 rings (SSSR count). The van der Waals surface area contributed by atoms with E-state index in [-0.39, 0.29) is 5.92 Å². The van der Waals surface area contributed by atoms with Crippen LogP contribution in [0.25, 0.3) is 0 Å². The maximum atomic E-state index is 11.2. The van der Waals surface area contributed by atoms with Crippen LogP contribution >= 0.6 is 0 Å². The number of rotatable bonds is 3. The highest BCUT2D eigenvalue weighted by Gasteiger charge is 2.28. The van der Waals surface area contributed by atoms with Crippen LogP contribution in [0.5, 0.6) is 0 Å². The molecule has 0 amide bonds. The number of aliphatic carboxylic acids is 1. The molecule has 3 N–H and O–H groups in total. The van der Waals surface area contributed by atoms with Gasteiger partial charge in [-0.3, -0.25) is 4.79 Å². The largest absolute Gasteiger partial charge is 0.481 e. The van der Waals surface area contributed by atoms with E-state index in [0.717, 1.165) is 30.9 Å². The predicted molar refractivity (Wildman–Crippen MR) is 101 cm³/mol. The molecule has 0 radical (unpaired) electrons. The molecule has 0 saturated carbocycles. The van der Waals surface area contributed by atoms with Gasteiger partial charge in [-0.25, -0.2) is 9.97 Å². The summed E-state index contributed by atoms with van der Waals surface area (Å²) in [6, 6.07) is 8.35. The Hall–Kier alpha value is -2.83. The Kier molecular flexibility index (Phi) is 4.36. The zero-order valence-corrected chi connectivity index (χ0v) is 14.6. The number of hydrogen-bond donors (Lipinski definition) is 2. The van der Waals surface area contributed by atoms with Crippen LogP contribution in [0.15, 0.2) is 30.6 Å². The molecule has 1 fully saturated rings. The lowest BCUT2D eigenvalue weighted by molar-refractivity contribution is -0.142. The summed E-state index contributed by atoms with van der Waals surface area (Å²) >= 11 is 0. The van der Waals surface area contributed by atoms with E-state index in [9.17, 15) is 9.90 Å². The van der Waals surface area contributed by atoms with Crippen LogP contribution < -0.4 is 15.5 Å². The minimum absolute atomic E-state index is 0.275. The van der Waals surface area contributed by atoms with Crippen LogP contribution in [0, 0.1) is 5.92 Å². The second kappa shape index (κ2) is 6.82. The van der Waals surface area contributed by atoms with E-state index < -0.39 is 5.97 Å². The van der Waals surface area contributed by atoms with Gasteiger partial charge in [-0.05, 0) is 37.3 Å². The van der Waals surface area contributed by atoms with Crippen molar-refractivity contribution in [2.45, 2.75) is 25.7 Å². The fourth-order valence-electron chi connectivity index (χ4n) is 3.94. The highest BCUT2D eigenvalue weighted by molar-refractivity contribution is 5.81. The number of para-hydroxylation sites is 1. The monoisotopic (exact) mass is 353 g/mol. The highest BCUT2D eigenvalue weighted by atomic mass is 16.4. The molecule has 2 aromatic rings. The van der Waals surface area contributed by atoms with Crippen molar-refractivity contribution in [3.63, 3.8) is 0 Å². The Balaban J connectivity index is 1.63. The first kappa shape index (κ1) is 16.6. The summed E-state index contributed by atoms with van der Waals surface area (Å²) in [4.78, 5) is 24.3. The SMILES string of the molecule is Nc1c(N2CCC(C(=O)O)CC2)ncnc1N1CCCc2ccccc21. The summed E-state index contributed by atoms with van der Waals surface area (Å²) in [6.45, 7) is 2.17. The number of nitrogen functional groups attached to an aromatic ring is 1. The third kappa shape index (κ3) is 2.94. The smallest absolute Gasteiger partial charge is 0.306 e. The molecule has 7 nitrogen and oxygen atoms in total. The Bertz CT molecular complexity index is 817. The fraction of sp³-hybridized carbons (Fsp3) is 0.421. The van der Waals surface area contributed by atoms with Crippen LogP contribution in [-0.2, 0) is 11.2 Å². The second-order valence-corrected chi connectivity index (χ2v) is 6.92. The van der Waals surface area contributed by atoms with E-state index >= 15 is 0 Å². The van der Waals surface area contributed by atoms with Gasteiger partial charge in [-0.15, -0.1) is 0 Å². The second-order valence-electron chi connectivity index (χ2n) is 6.92. The molecule has 0 aliphatic carbocycles. The fourth-order valence-corrected chi connectivity index (χ4v) is 3.94. The summed E-state index contributed by atoms with van der Waals surface area (Å²) in [5, 5.41) is 9.18. The number of benzene rings is 1.